The summed E-state index contributed by atoms with van der Waals surface area (Å²) in [5.41, 5.74) is -1.49. The second kappa shape index (κ2) is 5.03. The van der Waals surface area contributed by atoms with E-state index in [1.807, 2.05) is 0 Å². The van der Waals surface area contributed by atoms with Crippen molar-refractivity contribution >= 4 is 5.78 Å². The molecule has 0 aliphatic carbocycles. The van der Waals surface area contributed by atoms with E-state index in [4.69, 9.17) is 9.47 Å². The fourth-order valence-electron chi connectivity index (χ4n) is 1.65. The molecule has 1 unspecified atom stereocenters. The molecular weight excluding hydrogens is 251 g/mol. The summed E-state index contributed by atoms with van der Waals surface area (Å²) in [7, 11) is 0. The van der Waals surface area contributed by atoms with Gasteiger partial charge < -0.3 is 9.47 Å². The largest absolute Gasteiger partial charge is 0.417 e. The zero-order chi connectivity index (χ0) is 13.2. The van der Waals surface area contributed by atoms with Gasteiger partial charge in [0.2, 0.25) is 0 Å². The molecule has 1 fully saturated rings. The van der Waals surface area contributed by atoms with Gasteiger partial charge in [-0.3, -0.25) is 9.78 Å². The lowest BCUT2D eigenvalue weighted by atomic mass is 10.0. The van der Waals surface area contributed by atoms with Crippen LogP contribution in [0.5, 0.6) is 0 Å². The summed E-state index contributed by atoms with van der Waals surface area (Å²) in [6.45, 7) is 0.492. The van der Waals surface area contributed by atoms with Gasteiger partial charge in [0.05, 0.1) is 30.9 Å². The molecule has 4 nitrogen and oxygen atoms in total. The normalized spacial score (nSPS) is 20.7. The van der Waals surface area contributed by atoms with Crippen molar-refractivity contribution in [2.75, 3.05) is 19.8 Å². The number of pyridine rings is 1. The van der Waals surface area contributed by atoms with Crippen LogP contribution >= 0.6 is 0 Å². The van der Waals surface area contributed by atoms with E-state index >= 15 is 0 Å². The molecule has 0 aromatic carbocycles. The fraction of sp³-hybridized carbons (Fsp3) is 0.455. The van der Waals surface area contributed by atoms with Gasteiger partial charge in [-0.15, -0.1) is 0 Å². The summed E-state index contributed by atoms with van der Waals surface area (Å²) >= 11 is 0. The number of carbonyl (C=O) groups excluding carboxylic acids is 1. The van der Waals surface area contributed by atoms with Crippen LogP contribution in [0.3, 0.4) is 0 Å². The minimum Gasteiger partial charge on any atom is -0.376 e. The summed E-state index contributed by atoms with van der Waals surface area (Å²) in [6.07, 6.45) is -3.69. The Morgan fingerprint density at radius 1 is 1.39 bits per heavy atom. The number of Topliss-reactive ketones (excluding diaryl/α,β-unsaturated/α-hetero) is 1. The van der Waals surface area contributed by atoms with Crippen molar-refractivity contribution in [2.24, 2.45) is 0 Å². The number of hydrogen-bond donors (Lipinski definition) is 0. The van der Waals surface area contributed by atoms with Crippen LogP contribution in [0.25, 0.3) is 0 Å². The van der Waals surface area contributed by atoms with Gasteiger partial charge in [-0.05, 0) is 6.07 Å². The average molecular weight is 261 g/mol. The van der Waals surface area contributed by atoms with Crippen LogP contribution in [0.15, 0.2) is 18.5 Å². The molecule has 2 rings (SSSR count). The number of carbonyl (C=O) groups is 1. The predicted molar refractivity (Wildman–Crippen MR) is 54.1 cm³/mol. The highest BCUT2D eigenvalue weighted by molar-refractivity contribution is 6.00. The highest BCUT2D eigenvalue weighted by Gasteiger charge is 2.37. The van der Waals surface area contributed by atoms with Gasteiger partial charge in [-0.25, -0.2) is 0 Å². The Hall–Kier alpha value is -1.47. The van der Waals surface area contributed by atoms with Gasteiger partial charge in [0.15, 0.2) is 5.78 Å². The standard InChI is InChI=1S/C11H10F3NO3/c12-11(13,14)8-1-2-15-5-7(8)10(16)9-6-17-3-4-18-9/h1-2,5,9H,3-4,6H2. The second-order valence-corrected chi connectivity index (χ2v) is 3.72. The molecule has 1 atom stereocenters. The lowest BCUT2D eigenvalue weighted by Crippen LogP contribution is -2.36. The van der Waals surface area contributed by atoms with Crippen molar-refractivity contribution in [3.8, 4) is 0 Å². The second-order valence-electron chi connectivity index (χ2n) is 3.72. The number of ketones is 1. The smallest absolute Gasteiger partial charge is 0.376 e. The Labute approximate surface area is 101 Å². The van der Waals surface area contributed by atoms with E-state index in [1.54, 1.807) is 0 Å². The van der Waals surface area contributed by atoms with Crippen LogP contribution in [-0.2, 0) is 15.7 Å². The molecule has 7 heteroatoms. The minimum atomic E-state index is -4.59. The molecule has 18 heavy (non-hydrogen) atoms. The molecule has 0 amide bonds. The third-order valence-corrected chi connectivity index (χ3v) is 2.50. The Bertz CT molecular complexity index is 441. The van der Waals surface area contributed by atoms with Gasteiger partial charge >= 0.3 is 6.18 Å². The molecule has 2 heterocycles. The SMILES string of the molecule is O=C(c1cnccc1C(F)(F)F)C1COCCO1. The van der Waals surface area contributed by atoms with Crippen molar-refractivity contribution in [1.82, 2.24) is 4.98 Å². The zero-order valence-corrected chi connectivity index (χ0v) is 9.24. The third kappa shape index (κ3) is 2.68. The maximum atomic E-state index is 12.7. The highest BCUT2D eigenvalue weighted by atomic mass is 19.4. The van der Waals surface area contributed by atoms with Gasteiger partial charge in [0, 0.05) is 12.4 Å². The Balaban J connectivity index is 2.30. The third-order valence-electron chi connectivity index (χ3n) is 2.50. The van der Waals surface area contributed by atoms with Crippen LogP contribution in [0.1, 0.15) is 15.9 Å². The Morgan fingerprint density at radius 3 is 2.78 bits per heavy atom. The number of rotatable bonds is 2. The van der Waals surface area contributed by atoms with E-state index in [1.165, 1.54) is 0 Å². The molecule has 1 aliphatic rings. The number of nitrogens with zero attached hydrogens (tertiary/aromatic N) is 1. The lowest BCUT2D eigenvalue weighted by molar-refractivity contribution is -0.138. The summed E-state index contributed by atoms with van der Waals surface area (Å²) in [4.78, 5) is 15.5. The minimum absolute atomic E-state index is 0.0367. The van der Waals surface area contributed by atoms with E-state index in [0.717, 1.165) is 18.5 Å². The molecule has 0 bridgehead atoms. The quantitative estimate of drug-likeness (QED) is 0.760. The molecule has 0 N–H and O–H groups in total. The average Bonchev–Trinajstić information content (AvgIpc) is 2.38. The number of halogens is 3. The molecule has 1 aliphatic heterocycles. The first-order chi connectivity index (χ1) is 8.50. The summed E-state index contributed by atoms with van der Waals surface area (Å²) in [5.74, 6) is -0.755. The topological polar surface area (TPSA) is 48.4 Å². The molecule has 0 radical (unpaired) electrons. The van der Waals surface area contributed by atoms with Gasteiger partial charge in [-0.1, -0.05) is 0 Å². The van der Waals surface area contributed by atoms with Crippen molar-refractivity contribution in [3.63, 3.8) is 0 Å². The fourth-order valence-corrected chi connectivity index (χ4v) is 1.65. The molecule has 0 spiro atoms. The molecule has 1 saturated heterocycles. The van der Waals surface area contributed by atoms with E-state index in [9.17, 15) is 18.0 Å². The maximum Gasteiger partial charge on any atom is 0.417 e. The highest BCUT2D eigenvalue weighted by Crippen LogP contribution is 2.32. The summed E-state index contributed by atoms with van der Waals surface area (Å²) in [6, 6.07) is 0.775. The van der Waals surface area contributed by atoms with Gasteiger partial charge in [0.1, 0.15) is 6.10 Å². The van der Waals surface area contributed by atoms with Crippen LogP contribution in [0, 0.1) is 0 Å². The Morgan fingerprint density at radius 2 is 2.17 bits per heavy atom. The van der Waals surface area contributed by atoms with E-state index < -0.39 is 29.2 Å². The van der Waals surface area contributed by atoms with Crippen molar-refractivity contribution in [1.29, 1.82) is 0 Å². The zero-order valence-electron chi connectivity index (χ0n) is 9.24. The van der Waals surface area contributed by atoms with Gasteiger partial charge in [0.25, 0.3) is 0 Å². The van der Waals surface area contributed by atoms with Gasteiger partial charge in [-0.2, -0.15) is 13.2 Å². The van der Waals surface area contributed by atoms with Crippen LogP contribution in [0.4, 0.5) is 13.2 Å². The molecular formula is C11H10F3NO3. The molecule has 1 aromatic heterocycles. The lowest BCUT2D eigenvalue weighted by Gasteiger charge is -2.22. The first-order valence-corrected chi connectivity index (χ1v) is 5.25. The summed E-state index contributed by atoms with van der Waals surface area (Å²) < 4.78 is 48.3. The van der Waals surface area contributed by atoms with Crippen LogP contribution in [0.2, 0.25) is 0 Å². The van der Waals surface area contributed by atoms with Crippen molar-refractivity contribution in [2.45, 2.75) is 12.3 Å². The van der Waals surface area contributed by atoms with Crippen LogP contribution < -0.4 is 0 Å². The van der Waals surface area contributed by atoms with E-state index in [2.05, 4.69) is 4.98 Å². The monoisotopic (exact) mass is 261 g/mol. The molecule has 1 aromatic rings. The molecule has 0 saturated carbocycles. The summed E-state index contributed by atoms with van der Waals surface area (Å²) in [5, 5.41) is 0. The Kier molecular flexibility index (Phi) is 3.63. The first-order valence-electron chi connectivity index (χ1n) is 5.25. The number of aromatic nitrogens is 1. The number of hydrogen-bond acceptors (Lipinski definition) is 4. The number of alkyl halides is 3. The van der Waals surface area contributed by atoms with E-state index in [-0.39, 0.29) is 13.2 Å². The first kappa shape index (κ1) is 13.0. The number of ether oxygens (including phenoxy) is 2. The molecule has 98 valence electrons. The van der Waals surface area contributed by atoms with Crippen LogP contribution in [-0.4, -0.2) is 36.7 Å². The van der Waals surface area contributed by atoms with Crippen molar-refractivity contribution < 1.29 is 27.4 Å². The predicted octanol–water partition coefficient (Wildman–Crippen LogP) is 1.70. The maximum absolute atomic E-state index is 12.7. The van der Waals surface area contributed by atoms with E-state index in [0.29, 0.717) is 6.61 Å². The van der Waals surface area contributed by atoms with Crippen molar-refractivity contribution in [3.05, 3.63) is 29.6 Å².